The average molecular weight is 337 g/mol. The van der Waals surface area contributed by atoms with Gasteiger partial charge in [-0.2, -0.15) is 0 Å². The molecule has 1 heterocycles. The number of nitrogens with zero attached hydrogens (tertiary/aromatic N) is 2. The number of rotatable bonds is 5. The summed E-state index contributed by atoms with van der Waals surface area (Å²) in [6.07, 6.45) is 5.68. The summed E-state index contributed by atoms with van der Waals surface area (Å²) in [5.41, 5.74) is 2.79. The molecule has 0 fully saturated rings. The molecule has 0 bridgehead atoms. The van der Waals surface area contributed by atoms with Gasteiger partial charge in [0.05, 0.1) is 11.3 Å². The number of para-hydroxylation sites is 1. The fraction of sp³-hybridized carbons (Fsp3) is 0.158. The summed E-state index contributed by atoms with van der Waals surface area (Å²) in [6.45, 7) is 2.43. The van der Waals surface area contributed by atoms with Gasteiger partial charge in [-0.3, -0.25) is 4.79 Å². The van der Waals surface area contributed by atoms with Crippen molar-refractivity contribution in [1.82, 2.24) is 14.9 Å². The molecule has 0 spiro atoms. The van der Waals surface area contributed by atoms with Crippen LogP contribution in [0.5, 0.6) is 0 Å². The highest BCUT2D eigenvalue weighted by Crippen LogP contribution is 2.20. The third-order valence-electron chi connectivity index (χ3n) is 3.87. The fourth-order valence-electron chi connectivity index (χ4n) is 2.63. The molecule has 0 saturated heterocycles. The van der Waals surface area contributed by atoms with Gasteiger partial charge in [0.2, 0.25) is 0 Å². The maximum absolute atomic E-state index is 12.5. The molecule has 4 nitrogen and oxygen atoms in total. The van der Waals surface area contributed by atoms with Crippen molar-refractivity contribution in [2.45, 2.75) is 18.4 Å². The van der Waals surface area contributed by atoms with Crippen molar-refractivity contribution in [3.8, 4) is 5.69 Å². The fourth-order valence-corrected chi connectivity index (χ4v) is 3.23. The van der Waals surface area contributed by atoms with E-state index in [0.717, 1.165) is 22.0 Å². The van der Waals surface area contributed by atoms with E-state index in [1.807, 2.05) is 72.5 Å². The van der Waals surface area contributed by atoms with Gasteiger partial charge in [-0.25, -0.2) is 4.98 Å². The third-order valence-corrected chi connectivity index (χ3v) is 4.66. The third kappa shape index (κ3) is 3.36. The Morgan fingerprint density at radius 3 is 2.67 bits per heavy atom. The lowest BCUT2D eigenvalue weighted by Crippen LogP contribution is -2.24. The summed E-state index contributed by atoms with van der Waals surface area (Å²) >= 11 is 1.58. The monoisotopic (exact) mass is 337 g/mol. The number of carbonyl (C=O) groups excluding carboxylic acids is 1. The van der Waals surface area contributed by atoms with E-state index >= 15 is 0 Å². The Balaban J connectivity index is 1.81. The molecule has 1 aromatic heterocycles. The van der Waals surface area contributed by atoms with Crippen LogP contribution in [0.15, 0.2) is 65.8 Å². The molecule has 0 aliphatic rings. The lowest BCUT2D eigenvalue weighted by Gasteiger charge is -2.13. The second kappa shape index (κ2) is 7.36. The van der Waals surface area contributed by atoms with Gasteiger partial charge in [0.1, 0.15) is 5.82 Å². The molecule has 0 aliphatic heterocycles. The molecule has 0 saturated carbocycles. The quantitative estimate of drug-likeness (QED) is 0.720. The van der Waals surface area contributed by atoms with Gasteiger partial charge in [0.25, 0.3) is 5.91 Å². The number of carbonyl (C=O) groups is 1. The summed E-state index contributed by atoms with van der Waals surface area (Å²) in [5, 5.41) is 3.03. The highest BCUT2D eigenvalue weighted by Gasteiger charge is 2.12. The van der Waals surface area contributed by atoms with Crippen molar-refractivity contribution in [2.24, 2.45) is 0 Å². The smallest absolute Gasteiger partial charge is 0.252 e. The summed E-state index contributed by atoms with van der Waals surface area (Å²) in [7, 11) is 0. The molecule has 3 rings (SSSR count). The Morgan fingerprint density at radius 2 is 1.92 bits per heavy atom. The van der Waals surface area contributed by atoms with Gasteiger partial charge < -0.3 is 9.88 Å². The molecule has 0 aliphatic carbocycles. The number of aryl methyl sites for hydroxylation is 1. The van der Waals surface area contributed by atoms with E-state index in [2.05, 4.69) is 10.3 Å². The Labute approximate surface area is 145 Å². The summed E-state index contributed by atoms with van der Waals surface area (Å²) in [6, 6.07) is 15.7. The van der Waals surface area contributed by atoms with Crippen LogP contribution in [0.1, 0.15) is 21.7 Å². The van der Waals surface area contributed by atoms with Crippen molar-refractivity contribution in [3.05, 3.63) is 77.9 Å². The van der Waals surface area contributed by atoms with Gasteiger partial charge in [-0.05, 0) is 36.9 Å². The lowest BCUT2D eigenvalue weighted by atomic mass is 10.1. The molecule has 2 aromatic carbocycles. The number of benzene rings is 2. The first-order chi connectivity index (χ1) is 11.7. The second-order valence-electron chi connectivity index (χ2n) is 5.36. The van der Waals surface area contributed by atoms with E-state index in [4.69, 9.17) is 0 Å². The molecule has 1 N–H and O–H groups in total. The van der Waals surface area contributed by atoms with E-state index in [-0.39, 0.29) is 5.91 Å². The Bertz CT molecular complexity index is 857. The number of amides is 1. The van der Waals surface area contributed by atoms with Gasteiger partial charge in [0.15, 0.2) is 0 Å². The van der Waals surface area contributed by atoms with Gasteiger partial charge >= 0.3 is 0 Å². The van der Waals surface area contributed by atoms with Crippen LogP contribution in [0.25, 0.3) is 5.69 Å². The molecule has 122 valence electrons. The number of imidazole rings is 1. The van der Waals surface area contributed by atoms with Crippen LogP contribution in [0.2, 0.25) is 0 Å². The predicted molar refractivity (Wildman–Crippen MR) is 97.7 cm³/mol. The number of hydrogen-bond acceptors (Lipinski definition) is 3. The zero-order valence-electron chi connectivity index (χ0n) is 13.7. The first-order valence-electron chi connectivity index (χ1n) is 7.70. The van der Waals surface area contributed by atoms with Crippen molar-refractivity contribution >= 4 is 17.7 Å². The molecule has 0 unspecified atom stereocenters. The highest BCUT2D eigenvalue weighted by molar-refractivity contribution is 7.98. The van der Waals surface area contributed by atoms with Crippen LogP contribution in [-0.4, -0.2) is 21.7 Å². The van der Waals surface area contributed by atoms with Crippen molar-refractivity contribution in [1.29, 1.82) is 0 Å². The van der Waals surface area contributed by atoms with Crippen molar-refractivity contribution < 1.29 is 4.79 Å². The Morgan fingerprint density at radius 1 is 1.17 bits per heavy atom. The Kier molecular flexibility index (Phi) is 5.01. The van der Waals surface area contributed by atoms with Crippen LogP contribution < -0.4 is 5.32 Å². The number of thioether (sulfide) groups is 1. The molecule has 24 heavy (non-hydrogen) atoms. The number of hydrogen-bond donors (Lipinski definition) is 1. The van der Waals surface area contributed by atoms with E-state index < -0.39 is 0 Å². The number of nitrogens with one attached hydrogen (secondary N) is 1. The van der Waals surface area contributed by atoms with E-state index in [0.29, 0.717) is 12.1 Å². The molecule has 5 heteroatoms. The first kappa shape index (κ1) is 16.3. The summed E-state index contributed by atoms with van der Waals surface area (Å²) in [5.74, 6) is 0.860. The molecule has 1 amide bonds. The molecule has 3 aromatic rings. The zero-order valence-corrected chi connectivity index (χ0v) is 14.5. The van der Waals surface area contributed by atoms with Gasteiger partial charge in [-0.15, -0.1) is 11.8 Å². The van der Waals surface area contributed by atoms with Crippen molar-refractivity contribution in [3.63, 3.8) is 0 Å². The second-order valence-corrected chi connectivity index (χ2v) is 6.20. The Hall–Kier alpha value is -2.53. The van der Waals surface area contributed by atoms with E-state index in [1.54, 1.807) is 18.0 Å². The van der Waals surface area contributed by atoms with E-state index in [9.17, 15) is 4.79 Å². The normalized spacial score (nSPS) is 10.6. The standard InChI is InChI=1S/C19H19N3OS/c1-14-20-11-12-22(14)17-9-5-3-7-15(17)13-21-19(23)16-8-4-6-10-18(16)24-2/h3-12H,13H2,1-2H3,(H,21,23). The first-order valence-corrected chi connectivity index (χ1v) is 8.92. The van der Waals surface area contributed by atoms with Crippen LogP contribution in [0, 0.1) is 6.92 Å². The minimum absolute atomic E-state index is 0.0582. The van der Waals surface area contributed by atoms with Crippen LogP contribution >= 0.6 is 11.8 Å². The average Bonchev–Trinajstić information content (AvgIpc) is 3.05. The number of aromatic nitrogens is 2. The van der Waals surface area contributed by atoms with E-state index in [1.165, 1.54) is 0 Å². The van der Waals surface area contributed by atoms with Crippen LogP contribution in [0.4, 0.5) is 0 Å². The largest absolute Gasteiger partial charge is 0.348 e. The summed E-state index contributed by atoms with van der Waals surface area (Å²) in [4.78, 5) is 17.8. The molecule has 0 atom stereocenters. The van der Waals surface area contributed by atoms with Gasteiger partial charge in [-0.1, -0.05) is 30.3 Å². The SMILES string of the molecule is CSc1ccccc1C(=O)NCc1ccccc1-n1ccnc1C. The molecular formula is C19H19N3OS. The van der Waals surface area contributed by atoms with Crippen molar-refractivity contribution in [2.75, 3.05) is 6.26 Å². The van der Waals surface area contributed by atoms with Crippen LogP contribution in [-0.2, 0) is 6.54 Å². The maximum Gasteiger partial charge on any atom is 0.252 e. The zero-order chi connectivity index (χ0) is 16.9. The molecule has 0 radical (unpaired) electrons. The van der Waals surface area contributed by atoms with Crippen LogP contribution in [0.3, 0.4) is 0 Å². The maximum atomic E-state index is 12.5. The molecular weight excluding hydrogens is 318 g/mol. The topological polar surface area (TPSA) is 46.9 Å². The predicted octanol–water partition coefficient (Wildman–Crippen LogP) is 3.83. The summed E-state index contributed by atoms with van der Waals surface area (Å²) < 4.78 is 2.03. The minimum atomic E-state index is -0.0582. The lowest BCUT2D eigenvalue weighted by molar-refractivity contribution is 0.0948. The van der Waals surface area contributed by atoms with Gasteiger partial charge in [0, 0.05) is 23.8 Å². The highest BCUT2D eigenvalue weighted by atomic mass is 32.2. The minimum Gasteiger partial charge on any atom is -0.348 e.